The minimum Gasteiger partial charge on any atom is -0.345 e. The molecule has 1 aliphatic rings. The van der Waals surface area contributed by atoms with Crippen molar-refractivity contribution in [1.82, 2.24) is 15.1 Å². The summed E-state index contributed by atoms with van der Waals surface area (Å²) in [5.41, 5.74) is 0. The van der Waals surface area contributed by atoms with Gasteiger partial charge in [-0.05, 0) is 33.1 Å². The SMILES string of the molecule is CCN(C)C(=O)C(C)NCC(=O)N1CCCCC1. The molecule has 1 rings (SSSR count). The summed E-state index contributed by atoms with van der Waals surface area (Å²) in [4.78, 5) is 27.2. The number of likely N-dealkylation sites (tertiary alicyclic amines) is 1. The first-order valence-corrected chi connectivity index (χ1v) is 6.82. The second kappa shape index (κ2) is 7.36. The van der Waals surface area contributed by atoms with Crippen LogP contribution in [0, 0.1) is 0 Å². The van der Waals surface area contributed by atoms with Crippen molar-refractivity contribution in [2.45, 2.75) is 39.2 Å². The summed E-state index contributed by atoms with van der Waals surface area (Å²) < 4.78 is 0. The quantitative estimate of drug-likeness (QED) is 0.776. The van der Waals surface area contributed by atoms with Gasteiger partial charge in [-0.15, -0.1) is 0 Å². The predicted octanol–water partition coefficient (Wildman–Crippen LogP) is 0.455. The zero-order valence-corrected chi connectivity index (χ0v) is 11.7. The summed E-state index contributed by atoms with van der Waals surface area (Å²) in [7, 11) is 1.77. The standard InChI is InChI=1S/C13H25N3O2/c1-4-15(3)13(18)11(2)14-10-12(17)16-8-6-5-7-9-16/h11,14H,4-10H2,1-3H3. The summed E-state index contributed by atoms with van der Waals surface area (Å²) in [6.07, 6.45) is 3.41. The van der Waals surface area contributed by atoms with Gasteiger partial charge in [-0.25, -0.2) is 0 Å². The number of hydrogen-bond acceptors (Lipinski definition) is 3. The van der Waals surface area contributed by atoms with Crippen molar-refractivity contribution < 1.29 is 9.59 Å². The molecule has 5 nitrogen and oxygen atoms in total. The number of carbonyl (C=O) groups excluding carboxylic acids is 2. The topological polar surface area (TPSA) is 52.7 Å². The van der Waals surface area contributed by atoms with Gasteiger partial charge in [0.25, 0.3) is 0 Å². The smallest absolute Gasteiger partial charge is 0.239 e. The fraction of sp³-hybridized carbons (Fsp3) is 0.846. The van der Waals surface area contributed by atoms with E-state index in [-0.39, 0.29) is 24.4 Å². The molecule has 5 heteroatoms. The first kappa shape index (κ1) is 15.0. The number of piperidine rings is 1. The Balaban J connectivity index is 2.30. The van der Waals surface area contributed by atoms with Crippen molar-refractivity contribution in [2.24, 2.45) is 0 Å². The zero-order chi connectivity index (χ0) is 13.5. The maximum absolute atomic E-state index is 11.9. The Bertz CT molecular complexity index is 288. The van der Waals surface area contributed by atoms with Gasteiger partial charge in [-0.3, -0.25) is 14.9 Å². The fourth-order valence-electron chi connectivity index (χ4n) is 2.07. The third kappa shape index (κ3) is 4.29. The molecule has 0 radical (unpaired) electrons. The highest BCUT2D eigenvalue weighted by atomic mass is 16.2. The van der Waals surface area contributed by atoms with Crippen LogP contribution < -0.4 is 5.32 Å². The normalized spacial score (nSPS) is 17.4. The predicted molar refractivity (Wildman–Crippen MR) is 71.2 cm³/mol. The molecule has 0 saturated carbocycles. The third-order valence-electron chi connectivity index (χ3n) is 3.49. The second-order valence-corrected chi connectivity index (χ2v) is 4.90. The van der Waals surface area contributed by atoms with Gasteiger partial charge in [0.1, 0.15) is 0 Å². The number of nitrogens with one attached hydrogen (secondary N) is 1. The van der Waals surface area contributed by atoms with E-state index >= 15 is 0 Å². The lowest BCUT2D eigenvalue weighted by atomic mass is 10.1. The van der Waals surface area contributed by atoms with Crippen LogP contribution in [0.3, 0.4) is 0 Å². The zero-order valence-electron chi connectivity index (χ0n) is 11.7. The second-order valence-electron chi connectivity index (χ2n) is 4.90. The number of amides is 2. The van der Waals surface area contributed by atoms with E-state index in [1.165, 1.54) is 6.42 Å². The Kier molecular flexibility index (Phi) is 6.12. The van der Waals surface area contributed by atoms with Crippen molar-refractivity contribution in [3.05, 3.63) is 0 Å². The van der Waals surface area contributed by atoms with Crippen LogP contribution in [0.1, 0.15) is 33.1 Å². The number of carbonyl (C=O) groups is 2. The average molecular weight is 255 g/mol. The van der Waals surface area contributed by atoms with E-state index in [0.29, 0.717) is 6.54 Å². The molecule has 0 bridgehead atoms. The van der Waals surface area contributed by atoms with Gasteiger partial charge in [0.15, 0.2) is 0 Å². The highest BCUT2D eigenvalue weighted by Gasteiger charge is 2.20. The van der Waals surface area contributed by atoms with Gasteiger partial charge in [0.05, 0.1) is 12.6 Å². The highest BCUT2D eigenvalue weighted by Crippen LogP contribution is 2.08. The average Bonchev–Trinajstić information content (AvgIpc) is 2.43. The summed E-state index contributed by atoms with van der Waals surface area (Å²) in [6.45, 7) is 6.40. The van der Waals surface area contributed by atoms with Crippen LogP contribution in [-0.2, 0) is 9.59 Å². The molecule has 1 unspecified atom stereocenters. The van der Waals surface area contributed by atoms with Crippen molar-refractivity contribution in [2.75, 3.05) is 33.2 Å². The summed E-state index contributed by atoms with van der Waals surface area (Å²) in [5, 5.41) is 3.01. The molecule has 1 heterocycles. The largest absolute Gasteiger partial charge is 0.345 e. The van der Waals surface area contributed by atoms with Gasteiger partial charge >= 0.3 is 0 Å². The van der Waals surface area contributed by atoms with Crippen molar-refractivity contribution >= 4 is 11.8 Å². The van der Waals surface area contributed by atoms with E-state index in [4.69, 9.17) is 0 Å². The number of nitrogens with zero attached hydrogens (tertiary/aromatic N) is 2. The maximum Gasteiger partial charge on any atom is 0.239 e. The van der Waals surface area contributed by atoms with E-state index < -0.39 is 0 Å². The van der Waals surface area contributed by atoms with Crippen LogP contribution in [0.25, 0.3) is 0 Å². The van der Waals surface area contributed by atoms with E-state index in [1.807, 2.05) is 11.8 Å². The Morgan fingerprint density at radius 2 is 1.89 bits per heavy atom. The van der Waals surface area contributed by atoms with Crippen molar-refractivity contribution in [3.8, 4) is 0 Å². The first-order chi connectivity index (χ1) is 8.56. The van der Waals surface area contributed by atoms with Gasteiger partial charge < -0.3 is 9.80 Å². The number of rotatable bonds is 5. The molecule has 2 amide bonds. The molecule has 0 spiro atoms. The Morgan fingerprint density at radius 1 is 1.28 bits per heavy atom. The summed E-state index contributed by atoms with van der Waals surface area (Å²) in [6, 6.07) is -0.302. The lowest BCUT2D eigenvalue weighted by molar-refractivity contribution is -0.133. The van der Waals surface area contributed by atoms with Gasteiger partial charge in [-0.1, -0.05) is 0 Å². The highest BCUT2D eigenvalue weighted by molar-refractivity contribution is 5.83. The van der Waals surface area contributed by atoms with Crippen LogP contribution in [0.5, 0.6) is 0 Å². The van der Waals surface area contributed by atoms with E-state index in [9.17, 15) is 9.59 Å². The summed E-state index contributed by atoms with van der Waals surface area (Å²) in [5.74, 6) is 0.137. The molecule has 1 fully saturated rings. The Labute approximate surface area is 110 Å². The molecule has 0 aromatic rings. The lowest BCUT2D eigenvalue weighted by Crippen LogP contribution is -2.48. The lowest BCUT2D eigenvalue weighted by Gasteiger charge is -2.27. The van der Waals surface area contributed by atoms with Crippen molar-refractivity contribution in [1.29, 1.82) is 0 Å². The molecule has 18 heavy (non-hydrogen) atoms. The van der Waals surface area contributed by atoms with Crippen LogP contribution in [0.2, 0.25) is 0 Å². The van der Waals surface area contributed by atoms with Crippen LogP contribution >= 0.6 is 0 Å². The first-order valence-electron chi connectivity index (χ1n) is 6.82. The summed E-state index contributed by atoms with van der Waals surface area (Å²) >= 11 is 0. The molecule has 1 aliphatic heterocycles. The Hall–Kier alpha value is -1.10. The molecular formula is C13H25N3O2. The third-order valence-corrected chi connectivity index (χ3v) is 3.49. The van der Waals surface area contributed by atoms with E-state index in [2.05, 4.69) is 5.32 Å². The van der Waals surface area contributed by atoms with Crippen molar-refractivity contribution in [3.63, 3.8) is 0 Å². The number of hydrogen-bond donors (Lipinski definition) is 1. The maximum atomic E-state index is 11.9. The van der Waals surface area contributed by atoms with Gasteiger partial charge in [-0.2, -0.15) is 0 Å². The van der Waals surface area contributed by atoms with Gasteiger partial charge in [0.2, 0.25) is 11.8 Å². The van der Waals surface area contributed by atoms with E-state index in [1.54, 1.807) is 18.9 Å². The minimum atomic E-state index is -0.302. The molecule has 0 aromatic carbocycles. The number of likely N-dealkylation sites (N-methyl/N-ethyl adjacent to an activating group) is 1. The van der Waals surface area contributed by atoms with Crippen LogP contribution in [0.15, 0.2) is 0 Å². The fourth-order valence-corrected chi connectivity index (χ4v) is 2.07. The molecule has 1 saturated heterocycles. The molecular weight excluding hydrogens is 230 g/mol. The van der Waals surface area contributed by atoms with Gasteiger partial charge in [0, 0.05) is 26.7 Å². The molecule has 0 aromatic heterocycles. The Morgan fingerprint density at radius 3 is 2.44 bits per heavy atom. The van der Waals surface area contributed by atoms with E-state index in [0.717, 1.165) is 25.9 Å². The molecule has 1 N–H and O–H groups in total. The van der Waals surface area contributed by atoms with Crippen LogP contribution in [0.4, 0.5) is 0 Å². The molecule has 1 atom stereocenters. The minimum absolute atomic E-state index is 0.0314. The molecule has 104 valence electrons. The van der Waals surface area contributed by atoms with Crippen LogP contribution in [-0.4, -0.2) is 60.9 Å². The monoisotopic (exact) mass is 255 g/mol. The molecule has 0 aliphatic carbocycles.